The third-order valence-electron chi connectivity index (χ3n) is 3.89. The van der Waals surface area contributed by atoms with Crippen LogP contribution in [0.3, 0.4) is 0 Å². The van der Waals surface area contributed by atoms with Crippen LogP contribution in [0.2, 0.25) is 5.02 Å². The average molecular weight is 417 g/mol. The molecule has 0 atom stereocenters. The molecule has 0 aromatic heterocycles. The van der Waals surface area contributed by atoms with Crippen molar-refractivity contribution in [2.75, 3.05) is 13.1 Å². The molecule has 0 aliphatic carbocycles. The monoisotopic (exact) mass is 416 g/mol. The Morgan fingerprint density at radius 3 is 2.48 bits per heavy atom. The molecule has 0 aliphatic heterocycles. The van der Waals surface area contributed by atoms with Gasteiger partial charge in [-0.3, -0.25) is 4.79 Å². The molecule has 0 saturated carbocycles. The fourth-order valence-electron chi connectivity index (χ4n) is 2.39. The van der Waals surface area contributed by atoms with Gasteiger partial charge in [0.15, 0.2) is 11.6 Å². The molecule has 0 fully saturated rings. The Bertz CT molecular complexity index is 923. The van der Waals surface area contributed by atoms with Crippen LogP contribution in [0.5, 0.6) is 0 Å². The number of carbonyl (C=O) groups is 1. The lowest BCUT2D eigenvalue weighted by Crippen LogP contribution is -2.34. The van der Waals surface area contributed by atoms with Crippen LogP contribution in [0.1, 0.15) is 18.9 Å². The predicted octanol–water partition coefficient (Wildman–Crippen LogP) is 3.34. The first-order valence-electron chi connectivity index (χ1n) is 8.20. The Hall–Kier alpha value is -2.03. The SMILES string of the molecule is CCN(Cc1ccccc1Cl)C(=O)CCNS(=O)(=O)c1ccc(F)c(F)c1. The van der Waals surface area contributed by atoms with Crippen molar-refractivity contribution in [2.45, 2.75) is 24.8 Å². The second kappa shape index (κ2) is 9.25. The maximum absolute atomic E-state index is 13.2. The molecule has 27 heavy (non-hydrogen) atoms. The smallest absolute Gasteiger partial charge is 0.240 e. The van der Waals surface area contributed by atoms with Crippen molar-refractivity contribution in [3.05, 3.63) is 64.7 Å². The zero-order chi connectivity index (χ0) is 20.0. The number of halogens is 3. The van der Waals surface area contributed by atoms with E-state index >= 15 is 0 Å². The van der Waals surface area contributed by atoms with E-state index in [-0.39, 0.29) is 18.9 Å². The summed E-state index contributed by atoms with van der Waals surface area (Å²) >= 11 is 6.10. The highest BCUT2D eigenvalue weighted by Crippen LogP contribution is 2.17. The molecule has 2 aromatic carbocycles. The number of nitrogens with one attached hydrogen (secondary N) is 1. The van der Waals surface area contributed by atoms with Gasteiger partial charge < -0.3 is 4.90 Å². The van der Waals surface area contributed by atoms with E-state index in [1.807, 2.05) is 12.1 Å². The predicted molar refractivity (Wildman–Crippen MR) is 98.7 cm³/mol. The summed E-state index contributed by atoms with van der Waals surface area (Å²) in [4.78, 5) is 13.5. The largest absolute Gasteiger partial charge is 0.339 e. The van der Waals surface area contributed by atoms with Crippen LogP contribution in [-0.2, 0) is 21.4 Å². The molecule has 5 nitrogen and oxygen atoms in total. The molecule has 9 heteroatoms. The molecular formula is C18H19ClF2N2O3S. The molecule has 1 amide bonds. The molecule has 0 radical (unpaired) electrons. The molecule has 146 valence electrons. The average Bonchev–Trinajstić information content (AvgIpc) is 2.63. The summed E-state index contributed by atoms with van der Waals surface area (Å²) in [5.74, 6) is -2.65. The van der Waals surface area contributed by atoms with Crippen molar-refractivity contribution in [1.82, 2.24) is 9.62 Å². The van der Waals surface area contributed by atoms with E-state index in [0.717, 1.165) is 17.7 Å². The molecule has 2 rings (SSSR count). The van der Waals surface area contributed by atoms with Gasteiger partial charge in [-0.25, -0.2) is 21.9 Å². The Morgan fingerprint density at radius 2 is 1.85 bits per heavy atom. The Kier molecular flexibility index (Phi) is 7.29. The van der Waals surface area contributed by atoms with Gasteiger partial charge in [-0.2, -0.15) is 0 Å². The number of carbonyl (C=O) groups excluding carboxylic acids is 1. The summed E-state index contributed by atoms with van der Waals surface area (Å²) in [6.07, 6.45) is -0.0821. The zero-order valence-electron chi connectivity index (χ0n) is 14.6. The highest BCUT2D eigenvalue weighted by molar-refractivity contribution is 7.89. The summed E-state index contributed by atoms with van der Waals surface area (Å²) in [6, 6.07) is 9.42. The number of nitrogens with zero attached hydrogens (tertiary/aromatic N) is 1. The minimum Gasteiger partial charge on any atom is -0.339 e. The highest BCUT2D eigenvalue weighted by Gasteiger charge is 2.18. The molecule has 0 bridgehead atoms. The van der Waals surface area contributed by atoms with Crippen LogP contribution >= 0.6 is 11.6 Å². The lowest BCUT2D eigenvalue weighted by atomic mass is 10.2. The van der Waals surface area contributed by atoms with Gasteiger partial charge in [-0.15, -0.1) is 0 Å². The summed E-state index contributed by atoms with van der Waals surface area (Å²) in [5, 5.41) is 0.544. The Labute approximate surface area is 162 Å². The van der Waals surface area contributed by atoms with Crippen LogP contribution in [0.4, 0.5) is 8.78 Å². The van der Waals surface area contributed by atoms with Crippen LogP contribution in [0.15, 0.2) is 47.4 Å². The molecule has 2 aromatic rings. The first-order chi connectivity index (χ1) is 12.7. The fraction of sp³-hybridized carbons (Fsp3) is 0.278. The quantitative estimate of drug-likeness (QED) is 0.717. The maximum atomic E-state index is 13.2. The van der Waals surface area contributed by atoms with Gasteiger partial charge in [0.2, 0.25) is 15.9 Å². The van der Waals surface area contributed by atoms with Crippen molar-refractivity contribution in [2.24, 2.45) is 0 Å². The first kappa shape index (κ1) is 21.3. The summed E-state index contributed by atoms with van der Waals surface area (Å²) in [5.41, 5.74) is 0.789. The molecule has 0 unspecified atom stereocenters. The van der Waals surface area contributed by atoms with E-state index in [9.17, 15) is 22.0 Å². The third-order valence-corrected chi connectivity index (χ3v) is 5.71. The van der Waals surface area contributed by atoms with Crippen LogP contribution in [-0.4, -0.2) is 32.3 Å². The number of rotatable bonds is 8. The van der Waals surface area contributed by atoms with E-state index in [4.69, 9.17) is 11.6 Å². The number of hydrogen-bond donors (Lipinski definition) is 1. The highest BCUT2D eigenvalue weighted by atomic mass is 35.5. The topological polar surface area (TPSA) is 66.5 Å². The minimum atomic E-state index is -4.04. The normalized spacial score (nSPS) is 11.4. The van der Waals surface area contributed by atoms with E-state index in [1.54, 1.807) is 24.0 Å². The van der Waals surface area contributed by atoms with Crippen molar-refractivity contribution < 1.29 is 22.0 Å². The van der Waals surface area contributed by atoms with Gasteiger partial charge in [0, 0.05) is 31.1 Å². The van der Waals surface area contributed by atoms with Crippen molar-refractivity contribution in [3.8, 4) is 0 Å². The van der Waals surface area contributed by atoms with Gasteiger partial charge >= 0.3 is 0 Å². The summed E-state index contributed by atoms with van der Waals surface area (Å²) in [6.45, 7) is 2.38. The van der Waals surface area contributed by atoms with Gasteiger partial charge in [0.05, 0.1) is 4.90 Å². The van der Waals surface area contributed by atoms with Gasteiger partial charge in [0.25, 0.3) is 0 Å². The molecule has 0 heterocycles. The van der Waals surface area contributed by atoms with Crippen LogP contribution < -0.4 is 4.72 Å². The van der Waals surface area contributed by atoms with Crippen LogP contribution in [0.25, 0.3) is 0 Å². The number of amides is 1. The molecular weight excluding hydrogens is 398 g/mol. The molecule has 0 aliphatic rings. The third kappa shape index (κ3) is 5.72. The van der Waals surface area contributed by atoms with Crippen molar-refractivity contribution in [3.63, 3.8) is 0 Å². The zero-order valence-corrected chi connectivity index (χ0v) is 16.2. The first-order valence-corrected chi connectivity index (χ1v) is 10.1. The van der Waals surface area contributed by atoms with Gasteiger partial charge in [-0.05, 0) is 36.8 Å². The van der Waals surface area contributed by atoms with E-state index in [2.05, 4.69) is 4.72 Å². The van der Waals surface area contributed by atoms with Gasteiger partial charge in [-0.1, -0.05) is 29.8 Å². The number of sulfonamides is 1. The van der Waals surface area contributed by atoms with E-state index in [1.165, 1.54) is 0 Å². The lowest BCUT2D eigenvalue weighted by molar-refractivity contribution is -0.131. The number of hydrogen-bond acceptors (Lipinski definition) is 3. The molecule has 0 spiro atoms. The molecule has 0 saturated heterocycles. The lowest BCUT2D eigenvalue weighted by Gasteiger charge is -2.21. The van der Waals surface area contributed by atoms with E-state index in [0.29, 0.717) is 24.2 Å². The Balaban J connectivity index is 1.95. The maximum Gasteiger partial charge on any atom is 0.240 e. The standard InChI is InChI=1S/C18H19ClF2N2O3S/c1-2-23(12-13-5-3-4-6-15(13)19)18(24)9-10-22-27(25,26)14-7-8-16(20)17(21)11-14/h3-8,11,22H,2,9-10,12H2,1H3. The molecule has 1 N–H and O–H groups in total. The summed E-state index contributed by atoms with van der Waals surface area (Å²) < 4.78 is 52.6. The summed E-state index contributed by atoms with van der Waals surface area (Å²) in [7, 11) is -4.04. The van der Waals surface area contributed by atoms with Crippen LogP contribution in [0, 0.1) is 11.6 Å². The Morgan fingerprint density at radius 1 is 1.15 bits per heavy atom. The minimum absolute atomic E-state index is 0.0821. The van der Waals surface area contributed by atoms with E-state index < -0.39 is 26.6 Å². The van der Waals surface area contributed by atoms with Crippen molar-refractivity contribution >= 4 is 27.5 Å². The fourth-order valence-corrected chi connectivity index (χ4v) is 3.63. The number of benzene rings is 2. The van der Waals surface area contributed by atoms with Crippen molar-refractivity contribution in [1.29, 1.82) is 0 Å². The second-order valence-electron chi connectivity index (χ2n) is 5.72. The van der Waals surface area contributed by atoms with Gasteiger partial charge in [0.1, 0.15) is 0 Å². The second-order valence-corrected chi connectivity index (χ2v) is 7.90.